The summed E-state index contributed by atoms with van der Waals surface area (Å²) < 4.78 is 5.87. The molecule has 0 spiro atoms. The SMILES string of the molecule is CCC(=O)N1CC[C@@H](N[C@@H]2CCCOc3ccc(C)cc32)C1. The van der Waals surface area contributed by atoms with Gasteiger partial charge in [0.1, 0.15) is 5.75 Å². The van der Waals surface area contributed by atoms with Crippen molar-refractivity contribution in [3.05, 3.63) is 29.3 Å². The molecule has 2 aliphatic heterocycles. The smallest absolute Gasteiger partial charge is 0.222 e. The van der Waals surface area contributed by atoms with Gasteiger partial charge in [0.2, 0.25) is 5.91 Å². The predicted octanol–water partition coefficient (Wildman–Crippen LogP) is 2.81. The van der Waals surface area contributed by atoms with E-state index >= 15 is 0 Å². The number of amides is 1. The second-order valence-corrected chi connectivity index (χ2v) is 6.43. The highest BCUT2D eigenvalue weighted by Crippen LogP contribution is 2.33. The fourth-order valence-corrected chi connectivity index (χ4v) is 3.50. The van der Waals surface area contributed by atoms with Gasteiger partial charge in [-0.25, -0.2) is 0 Å². The summed E-state index contributed by atoms with van der Waals surface area (Å²) in [5, 5.41) is 3.78. The van der Waals surface area contributed by atoms with Crippen molar-refractivity contribution < 1.29 is 9.53 Å². The third-order valence-corrected chi connectivity index (χ3v) is 4.72. The molecule has 4 heteroatoms. The number of likely N-dealkylation sites (tertiary alicyclic amines) is 1. The van der Waals surface area contributed by atoms with Crippen LogP contribution in [0.25, 0.3) is 0 Å². The van der Waals surface area contributed by atoms with Crippen LogP contribution in [0.3, 0.4) is 0 Å². The molecule has 4 nitrogen and oxygen atoms in total. The summed E-state index contributed by atoms with van der Waals surface area (Å²) in [6, 6.07) is 7.17. The first-order chi connectivity index (χ1) is 10.7. The zero-order valence-corrected chi connectivity index (χ0v) is 13.6. The Labute approximate surface area is 132 Å². The van der Waals surface area contributed by atoms with E-state index in [1.165, 1.54) is 11.1 Å². The first kappa shape index (κ1) is 15.3. The summed E-state index contributed by atoms with van der Waals surface area (Å²) in [6.07, 6.45) is 3.81. The number of hydrogen-bond donors (Lipinski definition) is 1. The van der Waals surface area contributed by atoms with E-state index in [9.17, 15) is 4.79 Å². The molecule has 1 aromatic carbocycles. The van der Waals surface area contributed by atoms with E-state index < -0.39 is 0 Å². The van der Waals surface area contributed by atoms with Gasteiger partial charge in [0.05, 0.1) is 6.61 Å². The lowest BCUT2D eigenvalue weighted by Gasteiger charge is -2.23. The number of carbonyl (C=O) groups excluding carboxylic acids is 1. The highest BCUT2D eigenvalue weighted by Gasteiger charge is 2.29. The molecule has 0 saturated carbocycles. The van der Waals surface area contributed by atoms with Crippen LogP contribution in [0.1, 0.15) is 49.8 Å². The van der Waals surface area contributed by atoms with Crippen LogP contribution < -0.4 is 10.1 Å². The van der Waals surface area contributed by atoms with Gasteiger partial charge in [-0.1, -0.05) is 24.6 Å². The summed E-state index contributed by atoms with van der Waals surface area (Å²) in [6.45, 7) is 6.57. The van der Waals surface area contributed by atoms with Gasteiger partial charge >= 0.3 is 0 Å². The van der Waals surface area contributed by atoms with E-state index in [4.69, 9.17) is 4.74 Å². The van der Waals surface area contributed by atoms with Gasteiger partial charge in [0, 0.05) is 37.2 Å². The number of carbonyl (C=O) groups is 1. The van der Waals surface area contributed by atoms with Crippen molar-refractivity contribution in [3.63, 3.8) is 0 Å². The number of ether oxygens (including phenoxy) is 1. The molecule has 1 fully saturated rings. The molecule has 3 rings (SSSR count). The maximum atomic E-state index is 11.8. The average molecular weight is 302 g/mol. The standard InChI is InChI=1S/C18H26N2O2/c1-3-18(21)20-9-8-14(12-20)19-16-5-4-10-22-17-7-6-13(2)11-15(16)17/h6-7,11,14,16,19H,3-5,8-10,12H2,1-2H3/t14-,16-/m1/s1. The summed E-state index contributed by atoms with van der Waals surface area (Å²) in [5.74, 6) is 1.28. The molecule has 2 heterocycles. The summed E-state index contributed by atoms with van der Waals surface area (Å²) >= 11 is 0. The van der Waals surface area contributed by atoms with Crippen molar-refractivity contribution in [3.8, 4) is 5.75 Å². The summed E-state index contributed by atoms with van der Waals surface area (Å²) in [7, 11) is 0. The minimum absolute atomic E-state index is 0.268. The van der Waals surface area contributed by atoms with Crippen LogP contribution in [0.4, 0.5) is 0 Å². The fraction of sp³-hybridized carbons (Fsp3) is 0.611. The van der Waals surface area contributed by atoms with Crippen LogP contribution in [0.5, 0.6) is 5.75 Å². The van der Waals surface area contributed by atoms with Crippen molar-refractivity contribution >= 4 is 5.91 Å². The van der Waals surface area contributed by atoms with Crippen molar-refractivity contribution in [2.45, 2.75) is 51.6 Å². The van der Waals surface area contributed by atoms with Gasteiger partial charge < -0.3 is 15.0 Å². The third kappa shape index (κ3) is 3.27. The molecule has 1 amide bonds. The zero-order chi connectivity index (χ0) is 15.5. The highest BCUT2D eigenvalue weighted by molar-refractivity contribution is 5.76. The molecule has 0 radical (unpaired) electrons. The molecule has 0 aromatic heterocycles. The Morgan fingerprint density at radius 2 is 2.27 bits per heavy atom. The maximum absolute atomic E-state index is 11.8. The van der Waals surface area contributed by atoms with Gasteiger partial charge in [-0.3, -0.25) is 4.79 Å². The first-order valence-corrected chi connectivity index (χ1v) is 8.44. The van der Waals surface area contributed by atoms with Crippen LogP contribution in [0.2, 0.25) is 0 Å². The molecule has 0 bridgehead atoms. The predicted molar refractivity (Wildman–Crippen MR) is 87.1 cm³/mol. The molecule has 120 valence electrons. The second kappa shape index (κ2) is 6.69. The molecule has 0 unspecified atom stereocenters. The van der Waals surface area contributed by atoms with Gasteiger partial charge in [-0.2, -0.15) is 0 Å². The van der Waals surface area contributed by atoms with E-state index in [2.05, 4.69) is 30.4 Å². The molecular formula is C18H26N2O2. The normalized spacial score (nSPS) is 24.5. The molecule has 1 aromatic rings. The van der Waals surface area contributed by atoms with Crippen LogP contribution in [-0.4, -0.2) is 36.5 Å². The van der Waals surface area contributed by atoms with Crippen LogP contribution in [0, 0.1) is 6.92 Å². The third-order valence-electron chi connectivity index (χ3n) is 4.72. The molecule has 2 aliphatic rings. The Kier molecular flexibility index (Phi) is 4.67. The van der Waals surface area contributed by atoms with E-state index in [0.29, 0.717) is 18.5 Å². The number of rotatable bonds is 3. The lowest BCUT2D eigenvalue weighted by atomic mass is 9.99. The van der Waals surface area contributed by atoms with Gasteiger partial charge in [-0.05, 0) is 32.3 Å². The summed E-state index contributed by atoms with van der Waals surface area (Å²) in [4.78, 5) is 13.8. The monoisotopic (exact) mass is 302 g/mol. The highest BCUT2D eigenvalue weighted by atomic mass is 16.5. The lowest BCUT2D eigenvalue weighted by Crippen LogP contribution is -2.37. The number of nitrogens with zero attached hydrogens (tertiary/aromatic N) is 1. The largest absolute Gasteiger partial charge is 0.493 e. The Morgan fingerprint density at radius 1 is 1.41 bits per heavy atom. The van der Waals surface area contributed by atoms with E-state index in [1.54, 1.807) is 0 Å². The van der Waals surface area contributed by atoms with Crippen LogP contribution in [0.15, 0.2) is 18.2 Å². The average Bonchev–Trinajstić information content (AvgIpc) is 2.90. The van der Waals surface area contributed by atoms with E-state index in [0.717, 1.165) is 44.7 Å². The van der Waals surface area contributed by atoms with E-state index in [1.807, 2.05) is 11.8 Å². The zero-order valence-electron chi connectivity index (χ0n) is 13.6. The second-order valence-electron chi connectivity index (χ2n) is 6.43. The lowest BCUT2D eigenvalue weighted by molar-refractivity contribution is -0.129. The Bertz CT molecular complexity index is 544. The summed E-state index contributed by atoms with van der Waals surface area (Å²) in [5.41, 5.74) is 2.54. The Morgan fingerprint density at radius 3 is 3.09 bits per heavy atom. The van der Waals surface area contributed by atoms with Crippen molar-refractivity contribution in [1.82, 2.24) is 10.2 Å². The van der Waals surface area contributed by atoms with Crippen molar-refractivity contribution in [2.75, 3.05) is 19.7 Å². The number of fused-ring (bicyclic) bond motifs is 1. The molecule has 0 aliphatic carbocycles. The Balaban J connectivity index is 1.71. The number of hydrogen-bond acceptors (Lipinski definition) is 3. The van der Waals surface area contributed by atoms with Crippen molar-refractivity contribution in [1.29, 1.82) is 0 Å². The van der Waals surface area contributed by atoms with Gasteiger partial charge in [0.15, 0.2) is 0 Å². The number of aryl methyl sites for hydroxylation is 1. The number of benzene rings is 1. The minimum Gasteiger partial charge on any atom is -0.493 e. The first-order valence-electron chi connectivity index (χ1n) is 8.44. The topological polar surface area (TPSA) is 41.6 Å². The molecule has 1 saturated heterocycles. The van der Waals surface area contributed by atoms with E-state index in [-0.39, 0.29) is 5.91 Å². The molecule has 1 N–H and O–H groups in total. The maximum Gasteiger partial charge on any atom is 0.222 e. The fourth-order valence-electron chi connectivity index (χ4n) is 3.50. The van der Waals surface area contributed by atoms with Crippen molar-refractivity contribution in [2.24, 2.45) is 0 Å². The van der Waals surface area contributed by atoms with Crippen LogP contribution in [-0.2, 0) is 4.79 Å². The Hall–Kier alpha value is -1.55. The molecular weight excluding hydrogens is 276 g/mol. The molecule has 22 heavy (non-hydrogen) atoms. The minimum atomic E-state index is 0.268. The van der Waals surface area contributed by atoms with Gasteiger partial charge in [-0.15, -0.1) is 0 Å². The quantitative estimate of drug-likeness (QED) is 0.933. The molecule has 2 atom stereocenters. The van der Waals surface area contributed by atoms with Gasteiger partial charge in [0.25, 0.3) is 0 Å². The van der Waals surface area contributed by atoms with Crippen LogP contribution >= 0.6 is 0 Å². The number of nitrogens with one attached hydrogen (secondary N) is 1.